The van der Waals surface area contributed by atoms with Crippen molar-refractivity contribution in [1.82, 2.24) is 10.2 Å². The molecule has 1 saturated carbocycles. The summed E-state index contributed by atoms with van der Waals surface area (Å²) in [6.07, 6.45) is 2.73. The molecule has 0 bridgehead atoms. The van der Waals surface area contributed by atoms with E-state index >= 15 is 0 Å². The number of hydrogen-bond donors (Lipinski definition) is 1. The minimum atomic E-state index is 0.393. The lowest BCUT2D eigenvalue weighted by molar-refractivity contribution is 0.101. The van der Waals surface area contributed by atoms with Gasteiger partial charge in [-0.05, 0) is 50.4 Å². The molecule has 0 aromatic heterocycles. The summed E-state index contributed by atoms with van der Waals surface area (Å²) < 4.78 is 5.74. The molecule has 1 aromatic carbocycles. The predicted octanol–water partition coefficient (Wildman–Crippen LogP) is 3.00. The minimum absolute atomic E-state index is 0.393. The lowest BCUT2D eigenvalue weighted by Crippen LogP contribution is -2.35. The number of nitrogens with zero attached hydrogens (tertiary/aromatic N) is 1. The molecule has 0 spiro atoms. The molecule has 0 aliphatic heterocycles. The Morgan fingerprint density at radius 3 is 2.76 bits per heavy atom. The van der Waals surface area contributed by atoms with Crippen LogP contribution in [-0.4, -0.2) is 44.8 Å². The zero-order valence-corrected chi connectivity index (χ0v) is 13.8. The number of rotatable bonds is 10. The minimum Gasteiger partial charge on any atom is -0.380 e. The van der Waals surface area contributed by atoms with E-state index in [1.54, 1.807) is 0 Å². The van der Waals surface area contributed by atoms with Crippen LogP contribution in [0.3, 0.4) is 0 Å². The van der Waals surface area contributed by atoms with E-state index in [9.17, 15) is 0 Å². The number of hydrogen-bond acceptors (Lipinski definition) is 3. The maximum Gasteiger partial charge on any atom is 0.0593 e. The highest BCUT2D eigenvalue weighted by Crippen LogP contribution is 2.28. The van der Waals surface area contributed by atoms with E-state index in [2.05, 4.69) is 55.4 Å². The van der Waals surface area contributed by atoms with E-state index in [-0.39, 0.29) is 0 Å². The molecule has 1 fully saturated rings. The predicted molar refractivity (Wildman–Crippen MR) is 88.6 cm³/mol. The Morgan fingerprint density at radius 2 is 2.10 bits per heavy atom. The Kier molecular flexibility index (Phi) is 6.68. The molecule has 21 heavy (non-hydrogen) atoms. The molecule has 1 aromatic rings. The molecule has 2 rings (SSSR count). The van der Waals surface area contributed by atoms with Crippen LogP contribution < -0.4 is 5.32 Å². The molecule has 1 atom stereocenters. The van der Waals surface area contributed by atoms with E-state index in [1.165, 1.54) is 24.0 Å². The Bertz CT molecular complexity index is 417. The fourth-order valence-corrected chi connectivity index (χ4v) is 2.65. The summed E-state index contributed by atoms with van der Waals surface area (Å²) in [6, 6.07) is 9.06. The van der Waals surface area contributed by atoms with E-state index in [4.69, 9.17) is 4.74 Å². The summed E-state index contributed by atoms with van der Waals surface area (Å²) in [4.78, 5) is 2.37. The van der Waals surface area contributed by atoms with Gasteiger partial charge >= 0.3 is 0 Å². The van der Waals surface area contributed by atoms with Gasteiger partial charge in [0, 0.05) is 25.7 Å². The van der Waals surface area contributed by atoms with Crippen molar-refractivity contribution >= 4 is 0 Å². The van der Waals surface area contributed by atoms with Crippen LogP contribution in [0.5, 0.6) is 0 Å². The van der Waals surface area contributed by atoms with Crippen LogP contribution in [0, 0.1) is 12.8 Å². The molecule has 1 unspecified atom stereocenters. The van der Waals surface area contributed by atoms with Crippen LogP contribution in [0.25, 0.3) is 0 Å². The van der Waals surface area contributed by atoms with Gasteiger partial charge in [0.05, 0.1) is 6.61 Å². The van der Waals surface area contributed by atoms with Gasteiger partial charge in [0.2, 0.25) is 0 Å². The summed E-state index contributed by atoms with van der Waals surface area (Å²) in [5, 5.41) is 3.61. The second-order valence-corrected chi connectivity index (χ2v) is 6.25. The van der Waals surface area contributed by atoms with Crippen molar-refractivity contribution in [2.45, 2.75) is 32.7 Å². The van der Waals surface area contributed by atoms with Gasteiger partial charge in [0.15, 0.2) is 0 Å². The number of ether oxygens (including phenoxy) is 1. The van der Waals surface area contributed by atoms with Crippen molar-refractivity contribution in [2.24, 2.45) is 5.92 Å². The molecule has 118 valence electrons. The largest absolute Gasteiger partial charge is 0.380 e. The SMILES string of the molecule is CCNC(CN(C)CCOCC1CC1)c1ccccc1C. The zero-order valence-electron chi connectivity index (χ0n) is 13.8. The van der Waals surface area contributed by atoms with Crippen LogP contribution in [-0.2, 0) is 4.74 Å². The molecule has 0 saturated heterocycles. The Labute approximate surface area is 129 Å². The standard InChI is InChI=1S/C18H30N2O/c1-4-19-18(17-8-6-5-7-15(17)2)13-20(3)11-12-21-14-16-9-10-16/h5-8,16,18-19H,4,9-14H2,1-3H3. The summed E-state index contributed by atoms with van der Waals surface area (Å²) in [6.45, 7) is 9.18. The summed E-state index contributed by atoms with van der Waals surface area (Å²) >= 11 is 0. The Hall–Kier alpha value is -0.900. The van der Waals surface area contributed by atoms with E-state index < -0.39 is 0 Å². The van der Waals surface area contributed by atoms with Gasteiger partial charge < -0.3 is 15.0 Å². The molecule has 3 nitrogen and oxygen atoms in total. The Balaban J connectivity index is 1.79. The van der Waals surface area contributed by atoms with Gasteiger partial charge in [-0.1, -0.05) is 31.2 Å². The van der Waals surface area contributed by atoms with Crippen molar-refractivity contribution in [3.8, 4) is 0 Å². The maximum atomic E-state index is 5.74. The monoisotopic (exact) mass is 290 g/mol. The average Bonchev–Trinajstić information content (AvgIpc) is 3.28. The normalized spacial score (nSPS) is 16.4. The van der Waals surface area contributed by atoms with E-state index in [0.29, 0.717) is 6.04 Å². The first kappa shape index (κ1) is 16.5. The van der Waals surface area contributed by atoms with Gasteiger partial charge in [0.1, 0.15) is 0 Å². The van der Waals surface area contributed by atoms with Crippen LogP contribution in [0.15, 0.2) is 24.3 Å². The third-order valence-electron chi connectivity index (χ3n) is 4.18. The van der Waals surface area contributed by atoms with E-state index in [0.717, 1.165) is 38.8 Å². The molecular weight excluding hydrogens is 260 g/mol. The molecule has 1 N–H and O–H groups in total. The van der Waals surface area contributed by atoms with Gasteiger partial charge in [-0.15, -0.1) is 0 Å². The van der Waals surface area contributed by atoms with Crippen molar-refractivity contribution in [3.05, 3.63) is 35.4 Å². The first-order chi connectivity index (χ1) is 10.2. The zero-order chi connectivity index (χ0) is 15.1. The quantitative estimate of drug-likeness (QED) is 0.670. The molecule has 0 amide bonds. The topological polar surface area (TPSA) is 24.5 Å². The summed E-state index contributed by atoms with van der Waals surface area (Å²) in [7, 11) is 2.18. The fraction of sp³-hybridized carbons (Fsp3) is 0.667. The molecule has 0 radical (unpaired) electrons. The number of nitrogens with one attached hydrogen (secondary N) is 1. The number of aryl methyl sites for hydroxylation is 1. The fourth-order valence-electron chi connectivity index (χ4n) is 2.65. The van der Waals surface area contributed by atoms with E-state index in [1.807, 2.05) is 0 Å². The molecule has 3 heteroatoms. The Morgan fingerprint density at radius 1 is 1.33 bits per heavy atom. The maximum absolute atomic E-state index is 5.74. The lowest BCUT2D eigenvalue weighted by atomic mass is 10.0. The van der Waals surface area contributed by atoms with Crippen LogP contribution >= 0.6 is 0 Å². The molecule has 1 aliphatic carbocycles. The lowest BCUT2D eigenvalue weighted by Gasteiger charge is -2.26. The molecule has 1 aliphatic rings. The smallest absolute Gasteiger partial charge is 0.0593 e. The van der Waals surface area contributed by atoms with Gasteiger partial charge in [0.25, 0.3) is 0 Å². The summed E-state index contributed by atoms with van der Waals surface area (Å²) in [5.74, 6) is 0.858. The van der Waals surface area contributed by atoms with Crippen LogP contribution in [0.4, 0.5) is 0 Å². The van der Waals surface area contributed by atoms with Crippen LogP contribution in [0.2, 0.25) is 0 Å². The van der Waals surface area contributed by atoms with Gasteiger partial charge in [-0.3, -0.25) is 0 Å². The second kappa shape index (κ2) is 8.52. The molecular formula is C18H30N2O. The highest BCUT2D eigenvalue weighted by atomic mass is 16.5. The van der Waals surface area contributed by atoms with Crippen molar-refractivity contribution in [1.29, 1.82) is 0 Å². The second-order valence-electron chi connectivity index (χ2n) is 6.25. The van der Waals surface area contributed by atoms with Crippen LogP contribution in [0.1, 0.15) is 36.9 Å². The van der Waals surface area contributed by atoms with Gasteiger partial charge in [-0.25, -0.2) is 0 Å². The first-order valence-corrected chi connectivity index (χ1v) is 8.26. The van der Waals surface area contributed by atoms with Crippen molar-refractivity contribution in [2.75, 3.05) is 39.9 Å². The third kappa shape index (κ3) is 5.77. The highest BCUT2D eigenvalue weighted by Gasteiger charge is 2.21. The number of likely N-dealkylation sites (N-methyl/N-ethyl adjacent to an activating group) is 2. The van der Waals surface area contributed by atoms with Gasteiger partial charge in [-0.2, -0.15) is 0 Å². The summed E-state index contributed by atoms with van der Waals surface area (Å²) in [5.41, 5.74) is 2.77. The number of benzene rings is 1. The third-order valence-corrected chi connectivity index (χ3v) is 4.18. The average molecular weight is 290 g/mol. The first-order valence-electron chi connectivity index (χ1n) is 8.26. The molecule has 0 heterocycles. The van der Waals surface area contributed by atoms with Crippen molar-refractivity contribution in [3.63, 3.8) is 0 Å². The van der Waals surface area contributed by atoms with Crippen molar-refractivity contribution < 1.29 is 4.74 Å². The highest BCUT2D eigenvalue weighted by molar-refractivity contribution is 5.29.